The Balaban J connectivity index is 1.99. The molecule has 0 aliphatic carbocycles. The van der Waals surface area contributed by atoms with Crippen molar-refractivity contribution in [1.29, 1.82) is 0 Å². The van der Waals surface area contributed by atoms with Crippen LogP contribution >= 0.6 is 23.2 Å². The number of hydrogen-bond acceptors (Lipinski definition) is 6. The number of rotatable bonds is 6. The molecule has 0 bridgehead atoms. The van der Waals surface area contributed by atoms with Crippen LogP contribution in [0.2, 0.25) is 10.0 Å². The van der Waals surface area contributed by atoms with Gasteiger partial charge in [-0.3, -0.25) is 14.5 Å². The zero-order chi connectivity index (χ0) is 27.0. The molecule has 3 aromatic carbocycles. The highest BCUT2D eigenvalue weighted by molar-refractivity contribution is 6.52. The van der Waals surface area contributed by atoms with E-state index in [9.17, 15) is 14.7 Å². The van der Waals surface area contributed by atoms with Gasteiger partial charge in [-0.05, 0) is 42.8 Å². The SMILES string of the molecule is COc1c(Cl)cc(/C(O)=C2\C(=O)C(=O)N(c3ccc(N(C)C)cc3)C2c2cccc(C)c2)c(OC)c1Cl. The smallest absolute Gasteiger partial charge is 0.300 e. The Morgan fingerprint density at radius 2 is 1.62 bits per heavy atom. The predicted octanol–water partition coefficient (Wildman–Crippen LogP) is 6.01. The van der Waals surface area contributed by atoms with Crippen LogP contribution in [0.5, 0.6) is 11.5 Å². The fourth-order valence-corrected chi connectivity index (χ4v) is 5.14. The molecule has 4 rings (SSSR count). The summed E-state index contributed by atoms with van der Waals surface area (Å²) >= 11 is 12.8. The molecule has 1 atom stereocenters. The first-order valence-corrected chi connectivity index (χ1v) is 12.1. The van der Waals surface area contributed by atoms with E-state index in [0.29, 0.717) is 11.3 Å². The number of nitrogens with zero attached hydrogens (tertiary/aromatic N) is 2. The van der Waals surface area contributed by atoms with Crippen LogP contribution in [0.4, 0.5) is 11.4 Å². The predicted molar refractivity (Wildman–Crippen MR) is 146 cm³/mol. The second-order valence-electron chi connectivity index (χ2n) is 8.78. The Bertz CT molecular complexity index is 1420. The van der Waals surface area contributed by atoms with E-state index in [2.05, 4.69) is 0 Å². The van der Waals surface area contributed by atoms with Crippen molar-refractivity contribution in [2.45, 2.75) is 13.0 Å². The van der Waals surface area contributed by atoms with Crippen LogP contribution in [0.3, 0.4) is 0 Å². The number of ether oxygens (including phenoxy) is 2. The average molecular weight is 541 g/mol. The number of aliphatic hydroxyl groups is 1. The molecular weight excluding hydrogens is 515 g/mol. The third kappa shape index (κ3) is 4.61. The first kappa shape index (κ1) is 26.4. The molecule has 1 fully saturated rings. The maximum absolute atomic E-state index is 13.5. The fraction of sp³-hybridized carbons (Fsp3) is 0.214. The van der Waals surface area contributed by atoms with Gasteiger partial charge in [0, 0.05) is 25.5 Å². The highest BCUT2D eigenvalue weighted by Gasteiger charge is 2.47. The number of methoxy groups -OCH3 is 2. The van der Waals surface area contributed by atoms with Gasteiger partial charge in [0.15, 0.2) is 11.5 Å². The molecule has 0 spiro atoms. The van der Waals surface area contributed by atoms with Gasteiger partial charge < -0.3 is 19.5 Å². The number of halogens is 2. The first-order valence-electron chi connectivity index (χ1n) is 11.4. The van der Waals surface area contributed by atoms with E-state index >= 15 is 0 Å². The molecule has 192 valence electrons. The Morgan fingerprint density at radius 1 is 0.973 bits per heavy atom. The van der Waals surface area contributed by atoms with E-state index in [-0.39, 0.29) is 32.7 Å². The lowest BCUT2D eigenvalue weighted by Gasteiger charge is -2.26. The van der Waals surface area contributed by atoms with E-state index in [1.54, 1.807) is 12.1 Å². The van der Waals surface area contributed by atoms with E-state index in [1.807, 2.05) is 62.3 Å². The maximum Gasteiger partial charge on any atom is 0.300 e. The molecule has 0 radical (unpaired) electrons. The fourth-order valence-electron chi connectivity index (χ4n) is 4.46. The molecule has 1 saturated heterocycles. The molecule has 3 aromatic rings. The topological polar surface area (TPSA) is 79.3 Å². The van der Waals surface area contributed by atoms with Crippen molar-refractivity contribution in [1.82, 2.24) is 0 Å². The molecule has 1 amide bonds. The molecule has 1 N–H and O–H groups in total. The van der Waals surface area contributed by atoms with Gasteiger partial charge in [0.1, 0.15) is 10.8 Å². The summed E-state index contributed by atoms with van der Waals surface area (Å²) < 4.78 is 10.7. The molecule has 0 saturated carbocycles. The van der Waals surface area contributed by atoms with Crippen molar-refractivity contribution in [2.24, 2.45) is 0 Å². The first-order chi connectivity index (χ1) is 17.6. The number of aliphatic hydroxyl groups excluding tert-OH is 1. The summed E-state index contributed by atoms with van der Waals surface area (Å²) in [6.07, 6.45) is 0. The van der Waals surface area contributed by atoms with E-state index in [1.165, 1.54) is 25.2 Å². The Kier molecular flexibility index (Phi) is 7.39. The number of hydrogen-bond donors (Lipinski definition) is 1. The molecule has 1 unspecified atom stereocenters. The molecular formula is C28H26Cl2N2O5. The third-order valence-corrected chi connectivity index (χ3v) is 6.87. The summed E-state index contributed by atoms with van der Waals surface area (Å²) in [4.78, 5) is 30.3. The zero-order valence-electron chi connectivity index (χ0n) is 21.0. The van der Waals surface area contributed by atoms with Crippen LogP contribution in [-0.2, 0) is 9.59 Å². The van der Waals surface area contributed by atoms with Crippen LogP contribution in [0.15, 0.2) is 60.2 Å². The van der Waals surface area contributed by atoms with Crippen molar-refractivity contribution in [3.63, 3.8) is 0 Å². The summed E-state index contributed by atoms with van der Waals surface area (Å²) in [5.74, 6) is -1.85. The molecule has 7 nitrogen and oxygen atoms in total. The van der Waals surface area contributed by atoms with Crippen molar-refractivity contribution in [3.05, 3.63) is 86.9 Å². The van der Waals surface area contributed by atoms with Crippen LogP contribution < -0.4 is 19.3 Å². The van der Waals surface area contributed by atoms with Gasteiger partial charge in [-0.15, -0.1) is 0 Å². The zero-order valence-corrected chi connectivity index (χ0v) is 22.5. The highest BCUT2D eigenvalue weighted by atomic mass is 35.5. The van der Waals surface area contributed by atoms with Crippen LogP contribution in [0.1, 0.15) is 22.7 Å². The van der Waals surface area contributed by atoms with Crippen LogP contribution in [-0.4, -0.2) is 45.1 Å². The van der Waals surface area contributed by atoms with Crippen molar-refractivity contribution >= 4 is 52.0 Å². The lowest BCUT2D eigenvalue weighted by Crippen LogP contribution is -2.29. The number of amides is 1. The number of benzene rings is 3. The van der Waals surface area contributed by atoms with Crippen molar-refractivity contribution in [2.75, 3.05) is 38.1 Å². The number of ketones is 1. The number of anilines is 2. The number of carbonyl (C=O) groups is 2. The van der Waals surface area contributed by atoms with Gasteiger partial charge in [-0.1, -0.05) is 53.0 Å². The summed E-state index contributed by atoms with van der Waals surface area (Å²) in [6.45, 7) is 1.91. The Labute approximate surface area is 225 Å². The van der Waals surface area contributed by atoms with Gasteiger partial charge in [0.25, 0.3) is 11.7 Å². The number of aryl methyl sites for hydroxylation is 1. The van der Waals surface area contributed by atoms with Crippen LogP contribution in [0, 0.1) is 6.92 Å². The Morgan fingerprint density at radius 3 is 2.19 bits per heavy atom. The van der Waals surface area contributed by atoms with Crippen LogP contribution in [0.25, 0.3) is 5.76 Å². The number of carbonyl (C=O) groups excluding carboxylic acids is 2. The Hall–Kier alpha value is -3.68. The molecule has 37 heavy (non-hydrogen) atoms. The normalized spacial score (nSPS) is 16.7. The second-order valence-corrected chi connectivity index (χ2v) is 9.57. The highest BCUT2D eigenvalue weighted by Crippen LogP contribution is 2.48. The third-order valence-electron chi connectivity index (χ3n) is 6.24. The van der Waals surface area contributed by atoms with E-state index in [0.717, 1.165) is 11.3 Å². The molecule has 9 heteroatoms. The maximum atomic E-state index is 13.5. The van der Waals surface area contributed by atoms with Gasteiger partial charge in [-0.2, -0.15) is 0 Å². The van der Waals surface area contributed by atoms with Gasteiger partial charge >= 0.3 is 0 Å². The quantitative estimate of drug-likeness (QED) is 0.234. The van der Waals surface area contributed by atoms with E-state index in [4.69, 9.17) is 32.7 Å². The van der Waals surface area contributed by atoms with E-state index < -0.39 is 23.5 Å². The second kappa shape index (κ2) is 10.4. The molecule has 0 aromatic heterocycles. The van der Waals surface area contributed by atoms with Gasteiger partial charge in [0.2, 0.25) is 0 Å². The summed E-state index contributed by atoms with van der Waals surface area (Å²) in [5.41, 5.74) is 2.98. The number of Topliss-reactive ketones (excluding diaryl/α,β-unsaturated/α-hetero) is 1. The standard InChI is InChI=1S/C28H26Cl2N2O5/c1-15-7-6-8-16(13-15)23-21(24(33)19-14-20(29)27(37-5)22(30)26(19)36-4)25(34)28(35)32(23)18-11-9-17(10-12-18)31(2)3/h6-14,23,33H,1-5H3/b24-21+. The monoisotopic (exact) mass is 540 g/mol. The van der Waals surface area contributed by atoms with Gasteiger partial charge in [-0.25, -0.2) is 0 Å². The largest absolute Gasteiger partial charge is 0.507 e. The minimum absolute atomic E-state index is 0.0275. The molecule has 1 aliphatic heterocycles. The minimum Gasteiger partial charge on any atom is -0.507 e. The van der Waals surface area contributed by atoms with Crippen molar-refractivity contribution in [3.8, 4) is 11.5 Å². The lowest BCUT2D eigenvalue weighted by atomic mass is 9.94. The lowest BCUT2D eigenvalue weighted by molar-refractivity contribution is -0.132. The van der Waals surface area contributed by atoms with Gasteiger partial charge in [0.05, 0.1) is 36.4 Å². The summed E-state index contributed by atoms with van der Waals surface area (Å²) in [5, 5.41) is 11.7. The minimum atomic E-state index is -0.908. The average Bonchev–Trinajstić information content (AvgIpc) is 3.14. The summed E-state index contributed by atoms with van der Waals surface area (Å²) in [7, 11) is 6.59. The summed E-state index contributed by atoms with van der Waals surface area (Å²) in [6, 6.07) is 15.2. The van der Waals surface area contributed by atoms with Crippen molar-refractivity contribution < 1.29 is 24.2 Å². The molecule has 1 heterocycles. The molecule has 1 aliphatic rings.